The van der Waals surface area contributed by atoms with Crippen LogP contribution in [-0.4, -0.2) is 38.2 Å². The van der Waals surface area contributed by atoms with Crippen molar-refractivity contribution in [1.82, 2.24) is 10.2 Å². The minimum absolute atomic E-state index is 0. The van der Waals surface area contributed by atoms with Crippen molar-refractivity contribution < 1.29 is 4.74 Å². The summed E-state index contributed by atoms with van der Waals surface area (Å²) in [5.41, 5.74) is 1.18. The van der Waals surface area contributed by atoms with Gasteiger partial charge in [0.15, 0.2) is 0 Å². The Morgan fingerprint density at radius 3 is 2.64 bits per heavy atom. The number of hydrogen-bond acceptors (Lipinski definition) is 3. The second kappa shape index (κ2) is 11.1. The summed E-state index contributed by atoms with van der Waals surface area (Å²) in [5, 5.41) is 4.16. The maximum absolute atomic E-state index is 6.18. The molecule has 1 heterocycles. The summed E-state index contributed by atoms with van der Waals surface area (Å²) < 4.78 is 5.53. The lowest BCUT2D eigenvalue weighted by atomic mass is 9.98. The number of nitrogens with zero attached hydrogens (tertiary/aromatic N) is 1. The Morgan fingerprint density at radius 1 is 1.36 bits per heavy atom. The summed E-state index contributed by atoms with van der Waals surface area (Å²) >= 11 is 6.18. The van der Waals surface area contributed by atoms with Gasteiger partial charge in [0, 0.05) is 42.8 Å². The highest BCUT2D eigenvalue weighted by molar-refractivity contribution is 6.30. The second-order valence-corrected chi connectivity index (χ2v) is 5.49. The largest absolute Gasteiger partial charge is 0.496 e. The van der Waals surface area contributed by atoms with Crippen LogP contribution in [0.4, 0.5) is 0 Å². The van der Waals surface area contributed by atoms with Crippen LogP contribution in [0.15, 0.2) is 30.9 Å². The summed E-state index contributed by atoms with van der Waals surface area (Å²) in [6, 6.07) is 6.21. The summed E-state index contributed by atoms with van der Waals surface area (Å²) in [6.45, 7) is 8.02. The third-order valence-electron chi connectivity index (χ3n) is 3.79. The minimum Gasteiger partial charge on any atom is -0.496 e. The molecule has 126 valence electrons. The van der Waals surface area contributed by atoms with Crippen LogP contribution in [-0.2, 0) is 0 Å². The van der Waals surface area contributed by atoms with Crippen molar-refractivity contribution in [1.29, 1.82) is 0 Å². The molecule has 0 radical (unpaired) electrons. The number of rotatable bonds is 6. The molecule has 1 atom stereocenters. The Labute approximate surface area is 150 Å². The first kappa shape index (κ1) is 21.6. The highest BCUT2D eigenvalue weighted by Gasteiger charge is 2.24. The number of piperazine rings is 1. The number of ether oxygens (including phenoxy) is 1. The van der Waals surface area contributed by atoms with Gasteiger partial charge in [-0.15, -0.1) is 31.4 Å². The van der Waals surface area contributed by atoms with E-state index in [1.807, 2.05) is 24.3 Å². The molecule has 3 nitrogen and oxygen atoms in total. The van der Waals surface area contributed by atoms with Crippen molar-refractivity contribution in [3.63, 3.8) is 0 Å². The highest BCUT2D eigenvalue weighted by Crippen LogP contribution is 2.34. The lowest BCUT2D eigenvalue weighted by Crippen LogP contribution is -2.45. The predicted octanol–water partition coefficient (Wildman–Crippen LogP) is 4.10. The molecule has 0 unspecified atom stereocenters. The summed E-state index contributed by atoms with van der Waals surface area (Å²) in [5.74, 6) is 0.919. The zero-order valence-electron chi connectivity index (χ0n) is 12.9. The number of allylic oxidation sites excluding steroid dienone is 1. The molecular formula is C16H25Cl3N2O. The molecule has 1 aromatic carbocycles. The van der Waals surface area contributed by atoms with E-state index in [2.05, 4.69) is 16.8 Å². The Balaban J connectivity index is 0.00000220. The summed E-state index contributed by atoms with van der Waals surface area (Å²) in [7, 11) is 1.72. The normalized spacial score (nSPS) is 16.1. The van der Waals surface area contributed by atoms with Gasteiger partial charge in [-0.1, -0.05) is 17.7 Å². The second-order valence-electron chi connectivity index (χ2n) is 5.05. The molecule has 22 heavy (non-hydrogen) atoms. The Bertz CT molecular complexity index is 451. The molecule has 1 aliphatic heterocycles. The van der Waals surface area contributed by atoms with Gasteiger partial charge >= 0.3 is 0 Å². The zero-order valence-corrected chi connectivity index (χ0v) is 15.3. The van der Waals surface area contributed by atoms with Gasteiger partial charge in [-0.05, 0) is 31.0 Å². The third-order valence-corrected chi connectivity index (χ3v) is 4.02. The average Bonchev–Trinajstić information content (AvgIpc) is 2.49. The molecule has 1 N–H and O–H groups in total. The number of hydrogen-bond donors (Lipinski definition) is 1. The van der Waals surface area contributed by atoms with E-state index in [1.165, 1.54) is 5.56 Å². The lowest BCUT2D eigenvalue weighted by Gasteiger charge is -2.35. The monoisotopic (exact) mass is 366 g/mol. The standard InChI is InChI=1S/C16H23ClN2O.2ClH/c1-3-4-5-15(19-10-8-18-9-11-19)14-12-13(17)6-7-16(14)20-2;;/h3,6-7,12,15,18H,1,4-5,8-11H2,2H3;2*1H/t15-;;/m0../s1. The topological polar surface area (TPSA) is 24.5 Å². The van der Waals surface area contributed by atoms with Crippen molar-refractivity contribution in [3.05, 3.63) is 41.4 Å². The molecule has 0 spiro atoms. The van der Waals surface area contributed by atoms with Crippen molar-refractivity contribution >= 4 is 36.4 Å². The third kappa shape index (κ3) is 5.64. The molecule has 0 aliphatic carbocycles. The van der Waals surface area contributed by atoms with Gasteiger partial charge in [0.05, 0.1) is 7.11 Å². The first-order valence-corrected chi connectivity index (χ1v) is 7.53. The fourth-order valence-electron chi connectivity index (χ4n) is 2.77. The fourth-order valence-corrected chi connectivity index (χ4v) is 2.95. The minimum atomic E-state index is 0. The van der Waals surface area contributed by atoms with Crippen LogP contribution in [0.5, 0.6) is 5.75 Å². The fraction of sp³-hybridized carbons (Fsp3) is 0.500. The van der Waals surface area contributed by atoms with Crippen LogP contribution in [0.3, 0.4) is 0 Å². The summed E-state index contributed by atoms with van der Waals surface area (Å²) in [4.78, 5) is 2.51. The van der Waals surface area contributed by atoms with E-state index in [-0.39, 0.29) is 24.8 Å². The van der Waals surface area contributed by atoms with E-state index in [1.54, 1.807) is 7.11 Å². The van der Waals surface area contributed by atoms with E-state index < -0.39 is 0 Å². The molecule has 2 rings (SSSR count). The van der Waals surface area contributed by atoms with Crippen LogP contribution in [0, 0.1) is 0 Å². The van der Waals surface area contributed by atoms with Crippen LogP contribution in [0.25, 0.3) is 0 Å². The van der Waals surface area contributed by atoms with Gasteiger partial charge in [0.1, 0.15) is 5.75 Å². The molecule has 0 bridgehead atoms. The van der Waals surface area contributed by atoms with E-state index in [9.17, 15) is 0 Å². The van der Waals surface area contributed by atoms with Crippen LogP contribution in [0.2, 0.25) is 5.02 Å². The van der Waals surface area contributed by atoms with Gasteiger partial charge in [-0.25, -0.2) is 0 Å². The van der Waals surface area contributed by atoms with Crippen molar-refractivity contribution in [3.8, 4) is 5.75 Å². The smallest absolute Gasteiger partial charge is 0.123 e. The highest BCUT2D eigenvalue weighted by atomic mass is 35.5. The Hall–Kier alpha value is -0.450. The van der Waals surface area contributed by atoms with Crippen molar-refractivity contribution in [2.45, 2.75) is 18.9 Å². The maximum Gasteiger partial charge on any atom is 0.123 e. The maximum atomic E-state index is 6.18. The number of benzene rings is 1. The number of halogens is 3. The summed E-state index contributed by atoms with van der Waals surface area (Å²) in [6.07, 6.45) is 4.01. The predicted molar refractivity (Wildman–Crippen MR) is 99.1 cm³/mol. The van der Waals surface area contributed by atoms with Crippen LogP contribution < -0.4 is 10.1 Å². The van der Waals surface area contributed by atoms with Gasteiger partial charge in [-0.2, -0.15) is 0 Å². The van der Waals surface area contributed by atoms with Gasteiger partial charge in [0.2, 0.25) is 0 Å². The van der Waals surface area contributed by atoms with E-state index in [4.69, 9.17) is 16.3 Å². The molecule has 0 amide bonds. The molecule has 0 aromatic heterocycles. The van der Waals surface area contributed by atoms with E-state index in [0.717, 1.165) is 49.8 Å². The van der Waals surface area contributed by atoms with Gasteiger partial charge in [0.25, 0.3) is 0 Å². The van der Waals surface area contributed by atoms with Crippen LogP contribution in [0.1, 0.15) is 24.4 Å². The molecule has 6 heteroatoms. The first-order valence-electron chi connectivity index (χ1n) is 7.15. The van der Waals surface area contributed by atoms with Gasteiger partial charge < -0.3 is 10.1 Å². The molecule has 0 saturated carbocycles. The molecule has 1 aliphatic rings. The SMILES string of the molecule is C=CCC[C@@H](c1cc(Cl)ccc1OC)N1CCNCC1.Cl.Cl. The molecular weight excluding hydrogens is 343 g/mol. The average molecular weight is 368 g/mol. The van der Waals surface area contributed by atoms with E-state index in [0.29, 0.717) is 6.04 Å². The van der Waals surface area contributed by atoms with Crippen molar-refractivity contribution in [2.24, 2.45) is 0 Å². The van der Waals surface area contributed by atoms with Crippen molar-refractivity contribution in [2.75, 3.05) is 33.3 Å². The Kier molecular flexibility index (Phi) is 10.9. The first-order chi connectivity index (χ1) is 9.76. The lowest BCUT2D eigenvalue weighted by molar-refractivity contribution is 0.163. The molecule has 1 saturated heterocycles. The van der Waals surface area contributed by atoms with Gasteiger partial charge in [-0.3, -0.25) is 4.90 Å². The van der Waals surface area contributed by atoms with E-state index >= 15 is 0 Å². The molecule has 1 fully saturated rings. The number of methoxy groups -OCH3 is 1. The zero-order chi connectivity index (χ0) is 14.4. The number of nitrogens with one attached hydrogen (secondary N) is 1. The molecule has 1 aromatic rings. The quantitative estimate of drug-likeness (QED) is 0.766. The van der Waals surface area contributed by atoms with Crippen LogP contribution >= 0.6 is 36.4 Å². The Morgan fingerprint density at radius 2 is 2.05 bits per heavy atom.